The lowest BCUT2D eigenvalue weighted by Crippen LogP contribution is -2.54. The monoisotopic (exact) mass is 271 g/mol. The first-order chi connectivity index (χ1) is 9.72. The van der Waals surface area contributed by atoms with E-state index in [4.69, 9.17) is 6.42 Å². The Morgan fingerprint density at radius 3 is 2.55 bits per heavy atom. The SMILES string of the molecule is C#CCNC(=O)C(C)N1CCN(c2ccccc2)CC1. The van der Waals surface area contributed by atoms with Gasteiger partial charge in [0.2, 0.25) is 5.91 Å². The van der Waals surface area contributed by atoms with Gasteiger partial charge in [-0.25, -0.2) is 0 Å². The van der Waals surface area contributed by atoms with Gasteiger partial charge in [-0.05, 0) is 19.1 Å². The Hall–Kier alpha value is -1.99. The van der Waals surface area contributed by atoms with E-state index in [0.29, 0.717) is 6.54 Å². The first-order valence-corrected chi connectivity index (χ1v) is 6.97. The number of nitrogens with one attached hydrogen (secondary N) is 1. The molecule has 20 heavy (non-hydrogen) atoms. The number of rotatable bonds is 4. The molecule has 1 aromatic carbocycles. The van der Waals surface area contributed by atoms with Gasteiger partial charge in [-0.15, -0.1) is 6.42 Å². The zero-order chi connectivity index (χ0) is 14.4. The number of anilines is 1. The maximum atomic E-state index is 11.9. The Labute approximate surface area is 120 Å². The minimum absolute atomic E-state index is 0.0103. The van der Waals surface area contributed by atoms with E-state index in [9.17, 15) is 4.79 Å². The predicted molar refractivity (Wildman–Crippen MR) is 81.5 cm³/mol. The van der Waals surface area contributed by atoms with Crippen molar-refractivity contribution in [3.05, 3.63) is 30.3 Å². The lowest BCUT2D eigenvalue weighted by molar-refractivity contribution is -0.125. The summed E-state index contributed by atoms with van der Waals surface area (Å²) in [6.45, 7) is 5.89. The van der Waals surface area contributed by atoms with Crippen molar-refractivity contribution in [2.45, 2.75) is 13.0 Å². The Morgan fingerprint density at radius 2 is 1.95 bits per heavy atom. The van der Waals surface area contributed by atoms with Crippen LogP contribution in [0, 0.1) is 12.3 Å². The van der Waals surface area contributed by atoms with E-state index in [1.807, 2.05) is 13.0 Å². The van der Waals surface area contributed by atoms with Gasteiger partial charge in [0, 0.05) is 31.9 Å². The largest absolute Gasteiger partial charge is 0.369 e. The first-order valence-electron chi connectivity index (χ1n) is 6.97. The summed E-state index contributed by atoms with van der Waals surface area (Å²) in [4.78, 5) is 16.4. The van der Waals surface area contributed by atoms with Crippen LogP contribution in [-0.2, 0) is 4.79 Å². The minimum atomic E-state index is -0.124. The molecule has 1 aromatic rings. The molecule has 4 heteroatoms. The third-order valence-electron chi connectivity index (χ3n) is 3.73. The van der Waals surface area contributed by atoms with Gasteiger partial charge in [-0.3, -0.25) is 9.69 Å². The first kappa shape index (κ1) is 14.4. The number of carbonyl (C=O) groups excluding carboxylic acids is 1. The number of benzene rings is 1. The second-order valence-electron chi connectivity index (χ2n) is 4.96. The van der Waals surface area contributed by atoms with Gasteiger partial charge in [0.25, 0.3) is 0 Å². The normalized spacial score (nSPS) is 17.3. The van der Waals surface area contributed by atoms with Gasteiger partial charge in [0.15, 0.2) is 0 Å². The topological polar surface area (TPSA) is 35.6 Å². The van der Waals surface area contributed by atoms with Gasteiger partial charge in [0.05, 0.1) is 12.6 Å². The highest BCUT2D eigenvalue weighted by molar-refractivity contribution is 5.81. The molecule has 1 saturated heterocycles. The number of amides is 1. The molecule has 106 valence electrons. The number of hydrogen-bond donors (Lipinski definition) is 1. The summed E-state index contributed by atoms with van der Waals surface area (Å²) in [6.07, 6.45) is 5.15. The molecule has 0 aliphatic carbocycles. The smallest absolute Gasteiger partial charge is 0.237 e. The third kappa shape index (κ3) is 3.52. The maximum absolute atomic E-state index is 11.9. The molecule has 4 nitrogen and oxygen atoms in total. The van der Waals surface area contributed by atoms with Crippen molar-refractivity contribution in [3.8, 4) is 12.3 Å². The highest BCUT2D eigenvalue weighted by atomic mass is 16.2. The highest BCUT2D eigenvalue weighted by Gasteiger charge is 2.25. The molecule has 1 heterocycles. The molecule has 2 rings (SSSR count). The van der Waals surface area contributed by atoms with Crippen molar-refractivity contribution >= 4 is 11.6 Å². The summed E-state index contributed by atoms with van der Waals surface area (Å²) < 4.78 is 0. The van der Waals surface area contributed by atoms with Crippen LogP contribution in [0.5, 0.6) is 0 Å². The van der Waals surface area contributed by atoms with Gasteiger partial charge in [0.1, 0.15) is 0 Å². The maximum Gasteiger partial charge on any atom is 0.237 e. The molecule has 1 fully saturated rings. The number of piperazine rings is 1. The van der Waals surface area contributed by atoms with Crippen LogP contribution < -0.4 is 10.2 Å². The van der Waals surface area contributed by atoms with E-state index in [0.717, 1.165) is 26.2 Å². The molecule has 1 amide bonds. The molecule has 0 spiro atoms. The zero-order valence-electron chi connectivity index (χ0n) is 11.9. The van der Waals surface area contributed by atoms with E-state index >= 15 is 0 Å². The molecule has 1 aliphatic rings. The second-order valence-corrected chi connectivity index (χ2v) is 4.96. The van der Waals surface area contributed by atoms with Crippen molar-refractivity contribution in [1.29, 1.82) is 0 Å². The molecule has 0 radical (unpaired) electrons. The van der Waals surface area contributed by atoms with Crippen molar-refractivity contribution in [1.82, 2.24) is 10.2 Å². The second kappa shape index (κ2) is 6.97. The number of terminal acetylenes is 1. The van der Waals surface area contributed by atoms with E-state index in [2.05, 4.69) is 45.3 Å². The lowest BCUT2D eigenvalue weighted by atomic mass is 10.2. The van der Waals surface area contributed by atoms with Gasteiger partial charge >= 0.3 is 0 Å². The van der Waals surface area contributed by atoms with Crippen LogP contribution in [0.3, 0.4) is 0 Å². The molecule has 0 aromatic heterocycles. The van der Waals surface area contributed by atoms with Crippen LogP contribution in [0.1, 0.15) is 6.92 Å². The van der Waals surface area contributed by atoms with Crippen molar-refractivity contribution in [2.75, 3.05) is 37.6 Å². The van der Waals surface area contributed by atoms with Crippen molar-refractivity contribution in [3.63, 3.8) is 0 Å². The van der Waals surface area contributed by atoms with Crippen LogP contribution in [0.2, 0.25) is 0 Å². The highest BCUT2D eigenvalue weighted by Crippen LogP contribution is 2.16. The Bertz CT molecular complexity index is 472. The summed E-state index contributed by atoms with van der Waals surface area (Å²) in [5.74, 6) is 2.44. The Morgan fingerprint density at radius 1 is 1.30 bits per heavy atom. The third-order valence-corrected chi connectivity index (χ3v) is 3.73. The molecule has 1 aliphatic heterocycles. The van der Waals surface area contributed by atoms with E-state index in [1.54, 1.807) is 0 Å². The van der Waals surface area contributed by atoms with E-state index in [1.165, 1.54) is 5.69 Å². The van der Waals surface area contributed by atoms with Gasteiger partial charge in [-0.1, -0.05) is 24.1 Å². The standard InChI is InChI=1S/C16H21N3O/c1-3-9-17-16(20)14(2)18-10-12-19(13-11-18)15-7-5-4-6-8-15/h1,4-8,14H,9-13H2,2H3,(H,17,20). The molecule has 1 N–H and O–H groups in total. The van der Waals surface area contributed by atoms with Crippen molar-refractivity contribution in [2.24, 2.45) is 0 Å². The number of carbonyl (C=O) groups is 1. The van der Waals surface area contributed by atoms with Gasteiger partial charge < -0.3 is 10.2 Å². The predicted octanol–water partition coefficient (Wildman–Crippen LogP) is 0.946. The van der Waals surface area contributed by atoms with Crippen LogP contribution >= 0.6 is 0 Å². The summed E-state index contributed by atoms with van der Waals surface area (Å²) in [5, 5.41) is 2.74. The average Bonchev–Trinajstić information content (AvgIpc) is 2.53. The molecule has 0 bridgehead atoms. The fourth-order valence-electron chi connectivity index (χ4n) is 2.46. The van der Waals surface area contributed by atoms with Crippen LogP contribution in [-0.4, -0.2) is 49.6 Å². The van der Waals surface area contributed by atoms with E-state index in [-0.39, 0.29) is 11.9 Å². The van der Waals surface area contributed by atoms with Crippen LogP contribution in [0.4, 0.5) is 5.69 Å². The summed E-state index contributed by atoms with van der Waals surface area (Å²) in [7, 11) is 0. The number of nitrogens with zero attached hydrogens (tertiary/aromatic N) is 2. The fraction of sp³-hybridized carbons (Fsp3) is 0.438. The average molecular weight is 271 g/mol. The molecular weight excluding hydrogens is 250 g/mol. The lowest BCUT2D eigenvalue weighted by Gasteiger charge is -2.38. The fourth-order valence-corrected chi connectivity index (χ4v) is 2.46. The molecule has 1 atom stereocenters. The van der Waals surface area contributed by atoms with Crippen LogP contribution in [0.15, 0.2) is 30.3 Å². The Balaban J connectivity index is 1.85. The summed E-state index contributed by atoms with van der Waals surface area (Å²) in [5.41, 5.74) is 1.25. The van der Waals surface area contributed by atoms with Crippen molar-refractivity contribution < 1.29 is 4.79 Å². The summed E-state index contributed by atoms with van der Waals surface area (Å²) >= 11 is 0. The quantitative estimate of drug-likeness (QED) is 0.828. The van der Waals surface area contributed by atoms with Gasteiger partial charge in [-0.2, -0.15) is 0 Å². The molecule has 1 unspecified atom stereocenters. The zero-order valence-corrected chi connectivity index (χ0v) is 11.9. The van der Waals surface area contributed by atoms with E-state index < -0.39 is 0 Å². The summed E-state index contributed by atoms with van der Waals surface area (Å²) in [6, 6.07) is 10.3. The minimum Gasteiger partial charge on any atom is -0.369 e. The molecular formula is C16H21N3O. The number of hydrogen-bond acceptors (Lipinski definition) is 3. The number of para-hydroxylation sites is 1. The Kier molecular flexibility index (Phi) is 5.03. The van der Waals surface area contributed by atoms with Crippen LogP contribution in [0.25, 0.3) is 0 Å². The molecule has 0 saturated carbocycles.